The Morgan fingerprint density at radius 2 is 1.67 bits per heavy atom. The second kappa shape index (κ2) is 8.15. The highest BCUT2D eigenvalue weighted by atomic mass is 16.5. The number of rotatable bonds is 7. The highest BCUT2D eigenvalue weighted by molar-refractivity contribution is 5.97. The molecule has 0 heterocycles. The minimum absolute atomic E-state index is 0.0328. The number of anilines is 1. The third kappa shape index (κ3) is 4.84. The van der Waals surface area contributed by atoms with Gasteiger partial charge in [0.25, 0.3) is 0 Å². The van der Waals surface area contributed by atoms with Gasteiger partial charge in [-0.3, -0.25) is 9.59 Å². The zero-order valence-electron chi connectivity index (χ0n) is 14.1. The van der Waals surface area contributed by atoms with Crippen molar-refractivity contribution in [2.75, 3.05) is 19.5 Å². The van der Waals surface area contributed by atoms with E-state index in [-0.39, 0.29) is 11.7 Å². The van der Waals surface area contributed by atoms with Crippen molar-refractivity contribution in [1.82, 2.24) is 0 Å². The second-order valence-electron chi connectivity index (χ2n) is 5.41. The van der Waals surface area contributed by atoms with E-state index in [4.69, 9.17) is 9.47 Å². The van der Waals surface area contributed by atoms with Crippen molar-refractivity contribution in [3.63, 3.8) is 0 Å². The van der Waals surface area contributed by atoms with E-state index < -0.39 is 0 Å². The Morgan fingerprint density at radius 1 is 1.00 bits per heavy atom. The van der Waals surface area contributed by atoms with Crippen molar-refractivity contribution >= 4 is 17.4 Å². The molecule has 0 aliphatic rings. The summed E-state index contributed by atoms with van der Waals surface area (Å²) in [5.74, 6) is 1.24. The molecule has 0 saturated heterocycles. The van der Waals surface area contributed by atoms with Crippen molar-refractivity contribution in [1.29, 1.82) is 0 Å². The number of carbonyl (C=O) groups excluding carboxylic acids is 2. The molecule has 2 aromatic carbocycles. The van der Waals surface area contributed by atoms with E-state index in [1.54, 1.807) is 44.6 Å². The number of amides is 1. The second-order valence-corrected chi connectivity index (χ2v) is 5.41. The number of nitrogens with one attached hydrogen (secondary N) is 1. The Bertz CT molecular complexity index is 718. The summed E-state index contributed by atoms with van der Waals surface area (Å²) in [5, 5.41) is 2.81. The lowest BCUT2D eigenvalue weighted by Gasteiger charge is -2.09. The molecule has 126 valence electrons. The molecule has 0 aromatic heterocycles. The minimum Gasteiger partial charge on any atom is -0.497 e. The van der Waals surface area contributed by atoms with E-state index in [1.165, 1.54) is 6.92 Å². The Morgan fingerprint density at radius 3 is 2.25 bits per heavy atom. The number of ether oxygens (including phenoxy) is 2. The number of hydrogen-bond acceptors (Lipinski definition) is 4. The van der Waals surface area contributed by atoms with E-state index in [9.17, 15) is 9.59 Å². The van der Waals surface area contributed by atoms with Crippen LogP contribution in [0.3, 0.4) is 0 Å². The quantitative estimate of drug-likeness (QED) is 0.791. The molecule has 0 aliphatic heterocycles. The van der Waals surface area contributed by atoms with Crippen LogP contribution in [0.15, 0.2) is 42.5 Å². The van der Waals surface area contributed by atoms with Crippen LogP contribution in [-0.2, 0) is 11.2 Å². The molecule has 0 spiro atoms. The predicted molar refractivity (Wildman–Crippen MR) is 92.9 cm³/mol. The molecule has 0 aliphatic carbocycles. The summed E-state index contributed by atoms with van der Waals surface area (Å²) in [6.45, 7) is 1.50. The molecule has 0 fully saturated rings. The third-order valence-electron chi connectivity index (χ3n) is 3.60. The maximum absolute atomic E-state index is 12.1. The van der Waals surface area contributed by atoms with Crippen LogP contribution in [0.25, 0.3) is 0 Å². The van der Waals surface area contributed by atoms with Gasteiger partial charge in [0.15, 0.2) is 5.78 Å². The van der Waals surface area contributed by atoms with Crippen LogP contribution in [-0.4, -0.2) is 25.9 Å². The van der Waals surface area contributed by atoms with E-state index in [0.29, 0.717) is 35.6 Å². The molecule has 5 heteroatoms. The number of Topliss-reactive ketones (excluding diaryl/α,β-unsaturated/α-hetero) is 1. The van der Waals surface area contributed by atoms with Crippen molar-refractivity contribution in [3.05, 3.63) is 53.6 Å². The van der Waals surface area contributed by atoms with Gasteiger partial charge >= 0.3 is 0 Å². The maximum atomic E-state index is 12.1. The Kier molecular flexibility index (Phi) is 5.95. The molecule has 1 amide bonds. The van der Waals surface area contributed by atoms with Crippen molar-refractivity contribution < 1.29 is 19.1 Å². The molecular weight excluding hydrogens is 306 g/mol. The van der Waals surface area contributed by atoms with Crippen molar-refractivity contribution in [3.8, 4) is 11.5 Å². The average molecular weight is 327 g/mol. The topological polar surface area (TPSA) is 64.6 Å². The van der Waals surface area contributed by atoms with Crippen LogP contribution in [0, 0.1) is 0 Å². The molecule has 0 atom stereocenters. The highest BCUT2D eigenvalue weighted by Crippen LogP contribution is 2.23. The van der Waals surface area contributed by atoms with Crippen LogP contribution in [0.2, 0.25) is 0 Å². The molecule has 0 saturated carbocycles. The predicted octanol–water partition coefficient (Wildman–Crippen LogP) is 3.48. The standard InChI is InChI=1S/C19H21NO4/c1-13(21)15-5-4-6-16(11-15)20-19(22)8-7-14-9-17(23-2)12-18(10-14)24-3/h4-6,9-12H,7-8H2,1-3H3,(H,20,22). The van der Waals surface area contributed by atoms with Crippen molar-refractivity contribution in [2.24, 2.45) is 0 Å². The summed E-state index contributed by atoms with van der Waals surface area (Å²) >= 11 is 0. The molecule has 5 nitrogen and oxygen atoms in total. The van der Waals surface area contributed by atoms with Gasteiger partial charge in [-0.2, -0.15) is 0 Å². The fourth-order valence-electron chi connectivity index (χ4n) is 2.31. The zero-order chi connectivity index (χ0) is 17.5. The molecule has 1 N–H and O–H groups in total. The summed E-state index contributed by atoms with van der Waals surface area (Å²) in [7, 11) is 3.18. The first kappa shape index (κ1) is 17.5. The number of benzene rings is 2. The molecule has 24 heavy (non-hydrogen) atoms. The smallest absolute Gasteiger partial charge is 0.224 e. The summed E-state index contributed by atoms with van der Waals surface area (Å²) in [6.07, 6.45) is 0.881. The lowest BCUT2D eigenvalue weighted by molar-refractivity contribution is -0.116. The van der Waals surface area contributed by atoms with E-state index in [1.807, 2.05) is 12.1 Å². The lowest BCUT2D eigenvalue weighted by atomic mass is 10.1. The summed E-state index contributed by atoms with van der Waals surface area (Å²) < 4.78 is 10.4. The van der Waals surface area contributed by atoms with E-state index >= 15 is 0 Å². The highest BCUT2D eigenvalue weighted by Gasteiger charge is 2.07. The Labute approximate surface area is 141 Å². The average Bonchev–Trinajstić information content (AvgIpc) is 2.59. The maximum Gasteiger partial charge on any atom is 0.224 e. The van der Waals surface area contributed by atoms with Crippen LogP contribution >= 0.6 is 0 Å². The monoisotopic (exact) mass is 327 g/mol. The number of carbonyl (C=O) groups is 2. The Hall–Kier alpha value is -2.82. The van der Waals surface area contributed by atoms with Crippen LogP contribution in [0.4, 0.5) is 5.69 Å². The van der Waals surface area contributed by atoms with Crippen LogP contribution in [0.5, 0.6) is 11.5 Å². The molecule has 0 radical (unpaired) electrons. The molecular formula is C19H21NO4. The van der Waals surface area contributed by atoms with Gasteiger partial charge in [0, 0.05) is 23.7 Å². The van der Waals surface area contributed by atoms with Gasteiger partial charge < -0.3 is 14.8 Å². The van der Waals surface area contributed by atoms with Gasteiger partial charge in [-0.1, -0.05) is 12.1 Å². The summed E-state index contributed by atoms with van der Waals surface area (Å²) in [5.41, 5.74) is 2.15. The zero-order valence-corrected chi connectivity index (χ0v) is 14.1. The van der Waals surface area contributed by atoms with Gasteiger partial charge in [-0.05, 0) is 43.2 Å². The summed E-state index contributed by atoms with van der Waals surface area (Å²) in [6, 6.07) is 12.5. The van der Waals surface area contributed by atoms with Gasteiger partial charge in [0.1, 0.15) is 11.5 Å². The first-order valence-corrected chi connectivity index (χ1v) is 7.64. The molecule has 0 bridgehead atoms. The van der Waals surface area contributed by atoms with Gasteiger partial charge in [-0.25, -0.2) is 0 Å². The molecule has 2 aromatic rings. The molecule has 0 unspecified atom stereocenters. The van der Waals surface area contributed by atoms with Gasteiger partial charge in [-0.15, -0.1) is 0 Å². The fourth-order valence-corrected chi connectivity index (χ4v) is 2.31. The Balaban J connectivity index is 1.98. The summed E-state index contributed by atoms with van der Waals surface area (Å²) in [4.78, 5) is 23.5. The first-order valence-electron chi connectivity index (χ1n) is 7.64. The minimum atomic E-state index is -0.113. The number of ketones is 1. The third-order valence-corrected chi connectivity index (χ3v) is 3.60. The lowest BCUT2D eigenvalue weighted by Crippen LogP contribution is -2.12. The fraction of sp³-hybridized carbons (Fsp3) is 0.263. The van der Waals surface area contributed by atoms with E-state index in [0.717, 1.165) is 5.56 Å². The van der Waals surface area contributed by atoms with Gasteiger partial charge in [0.2, 0.25) is 5.91 Å². The van der Waals surface area contributed by atoms with Gasteiger partial charge in [0.05, 0.1) is 14.2 Å². The molecule has 2 rings (SSSR count). The van der Waals surface area contributed by atoms with Crippen molar-refractivity contribution in [2.45, 2.75) is 19.8 Å². The normalized spacial score (nSPS) is 10.1. The first-order chi connectivity index (χ1) is 11.5. The SMILES string of the molecule is COc1cc(CCC(=O)Nc2cccc(C(C)=O)c2)cc(OC)c1. The van der Waals surface area contributed by atoms with Crippen LogP contribution in [0.1, 0.15) is 29.3 Å². The largest absolute Gasteiger partial charge is 0.497 e. The van der Waals surface area contributed by atoms with Crippen LogP contribution < -0.4 is 14.8 Å². The number of methoxy groups -OCH3 is 2. The number of aryl methyl sites for hydroxylation is 1. The van der Waals surface area contributed by atoms with E-state index in [2.05, 4.69) is 5.32 Å². The number of hydrogen-bond donors (Lipinski definition) is 1.